The molecular formula is C19H22ClN. The van der Waals surface area contributed by atoms with E-state index in [4.69, 9.17) is 11.6 Å². The summed E-state index contributed by atoms with van der Waals surface area (Å²) in [5.41, 5.74) is 5.86. The van der Waals surface area contributed by atoms with E-state index in [1.54, 1.807) is 11.1 Å². The first-order valence-electron chi connectivity index (χ1n) is 7.77. The molecule has 1 aliphatic rings. The van der Waals surface area contributed by atoms with Crippen LogP contribution in [0.4, 0.5) is 0 Å². The van der Waals surface area contributed by atoms with E-state index >= 15 is 0 Å². The lowest BCUT2D eigenvalue weighted by Gasteiger charge is -2.18. The predicted octanol–water partition coefficient (Wildman–Crippen LogP) is 4.37. The molecule has 1 unspecified atom stereocenters. The van der Waals surface area contributed by atoms with Gasteiger partial charge in [0.05, 0.1) is 0 Å². The molecule has 2 aromatic carbocycles. The highest BCUT2D eigenvalue weighted by molar-refractivity contribution is 6.30. The van der Waals surface area contributed by atoms with Crippen LogP contribution in [0.2, 0.25) is 5.02 Å². The van der Waals surface area contributed by atoms with Crippen LogP contribution in [0.5, 0.6) is 0 Å². The third kappa shape index (κ3) is 3.48. The van der Waals surface area contributed by atoms with Crippen LogP contribution in [0.15, 0.2) is 42.5 Å². The Labute approximate surface area is 132 Å². The number of rotatable bonds is 5. The Hall–Kier alpha value is -1.31. The SMILES string of the molecule is CNCC(Cc1ccc2c(c1)CCC2)c1cccc(Cl)c1. The van der Waals surface area contributed by atoms with Gasteiger partial charge in [-0.15, -0.1) is 0 Å². The van der Waals surface area contributed by atoms with E-state index in [9.17, 15) is 0 Å². The summed E-state index contributed by atoms with van der Waals surface area (Å²) in [6.45, 7) is 0.970. The van der Waals surface area contributed by atoms with E-state index < -0.39 is 0 Å². The zero-order chi connectivity index (χ0) is 14.7. The monoisotopic (exact) mass is 299 g/mol. The van der Waals surface area contributed by atoms with Gasteiger partial charge in [0.15, 0.2) is 0 Å². The van der Waals surface area contributed by atoms with Crippen LogP contribution in [0.3, 0.4) is 0 Å². The molecule has 0 heterocycles. The summed E-state index contributed by atoms with van der Waals surface area (Å²) in [7, 11) is 2.01. The maximum absolute atomic E-state index is 6.15. The molecule has 1 nitrogen and oxygen atoms in total. The number of hydrogen-bond donors (Lipinski definition) is 1. The van der Waals surface area contributed by atoms with Gasteiger partial charge in [-0.2, -0.15) is 0 Å². The Balaban J connectivity index is 1.82. The molecule has 3 rings (SSSR count). The highest BCUT2D eigenvalue weighted by Crippen LogP contribution is 2.27. The second kappa shape index (κ2) is 6.64. The van der Waals surface area contributed by atoms with Crippen molar-refractivity contribution < 1.29 is 0 Å². The van der Waals surface area contributed by atoms with Crippen LogP contribution in [0, 0.1) is 0 Å². The van der Waals surface area contributed by atoms with Gasteiger partial charge in [-0.05, 0) is 67.1 Å². The quantitative estimate of drug-likeness (QED) is 0.864. The summed E-state index contributed by atoms with van der Waals surface area (Å²) in [5, 5.41) is 4.14. The topological polar surface area (TPSA) is 12.0 Å². The molecule has 1 N–H and O–H groups in total. The Morgan fingerprint density at radius 1 is 1.10 bits per heavy atom. The van der Waals surface area contributed by atoms with Gasteiger partial charge in [0.2, 0.25) is 0 Å². The van der Waals surface area contributed by atoms with Gasteiger partial charge in [0.25, 0.3) is 0 Å². The minimum atomic E-state index is 0.466. The highest BCUT2D eigenvalue weighted by Gasteiger charge is 2.15. The van der Waals surface area contributed by atoms with Crippen molar-refractivity contribution in [3.05, 3.63) is 69.7 Å². The van der Waals surface area contributed by atoms with Crippen molar-refractivity contribution in [2.24, 2.45) is 0 Å². The molecule has 2 heteroatoms. The van der Waals surface area contributed by atoms with E-state index in [0.717, 1.165) is 18.0 Å². The van der Waals surface area contributed by atoms with Crippen molar-refractivity contribution >= 4 is 11.6 Å². The standard InChI is InChI=1S/C19H22ClN/c1-21-13-18(17-6-3-7-19(20)12-17)11-14-8-9-15-4-2-5-16(15)10-14/h3,6-10,12,18,21H,2,4-5,11,13H2,1H3. The highest BCUT2D eigenvalue weighted by atomic mass is 35.5. The summed E-state index contributed by atoms with van der Waals surface area (Å²) < 4.78 is 0. The molecule has 21 heavy (non-hydrogen) atoms. The minimum absolute atomic E-state index is 0.466. The van der Waals surface area contributed by atoms with Gasteiger partial charge >= 0.3 is 0 Å². The van der Waals surface area contributed by atoms with Crippen molar-refractivity contribution in [3.63, 3.8) is 0 Å². The zero-order valence-corrected chi connectivity index (χ0v) is 13.3. The van der Waals surface area contributed by atoms with Crippen LogP contribution in [-0.4, -0.2) is 13.6 Å². The van der Waals surface area contributed by atoms with Crippen LogP contribution >= 0.6 is 11.6 Å². The number of hydrogen-bond acceptors (Lipinski definition) is 1. The fourth-order valence-corrected chi connectivity index (χ4v) is 3.55. The molecule has 0 amide bonds. The molecule has 0 radical (unpaired) electrons. The lowest BCUT2D eigenvalue weighted by Crippen LogP contribution is -2.19. The number of likely N-dealkylation sites (N-methyl/N-ethyl adjacent to an activating group) is 1. The molecule has 1 aliphatic carbocycles. The third-order valence-electron chi connectivity index (χ3n) is 4.42. The summed E-state index contributed by atoms with van der Waals surface area (Å²) in [4.78, 5) is 0. The van der Waals surface area contributed by atoms with Gasteiger partial charge in [-0.25, -0.2) is 0 Å². The van der Waals surface area contributed by atoms with E-state index in [-0.39, 0.29) is 0 Å². The third-order valence-corrected chi connectivity index (χ3v) is 4.65. The molecule has 1 atom stereocenters. The van der Waals surface area contributed by atoms with Crippen molar-refractivity contribution in [2.45, 2.75) is 31.6 Å². The average molecular weight is 300 g/mol. The molecule has 0 aromatic heterocycles. The summed E-state index contributed by atoms with van der Waals surface area (Å²) in [6, 6.07) is 15.3. The fraction of sp³-hybridized carbons (Fsp3) is 0.368. The maximum atomic E-state index is 6.15. The van der Waals surface area contributed by atoms with E-state index in [1.807, 2.05) is 19.2 Å². The molecule has 0 spiro atoms. The Morgan fingerprint density at radius 3 is 2.76 bits per heavy atom. The van der Waals surface area contributed by atoms with E-state index in [0.29, 0.717) is 5.92 Å². The molecule has 0 bridgehead atoms. The predicted molar refractivity (Wildman–Crippen MR) is 90.3 cm³/mol. The summed E-state index contributed by atoms with van der Waals surface area (Å²) >= 11 is 6.15. The van der Waals surface area contributed by atoms with Crippen molar-refractivity contribution in [1.82, 2.24) is 5.32 Å². The molecular weight excluding hydrogens is 278 g/mol. The number of fused-ring (bicyclic) bond motifs is 1. The Bertz CT molecular complexity index is 621. The van der Waals surface area contributed by atoms with Gasteiger partial charge in [0, 0.05) is 17.5 Å². The first-order valence-corrected chi connectivity index (χ1v) is 8.15. The van der Waals surface area contributed by atoms with Gasteiger partial charge in [0.1, 0.15) is 0 Å². The lowest BCUT2D eigenvalue weighted by atomic mass is 9.91. The van der Waals surface area contributed by atoms with Gasteiger partial charge < -0.3 is 5.32 Å². The lowest BCUT2D eigenvalue weighted by molar-refractivity contribution is 0.625. The van der Waals surface area contributed by atoms with Crippen molar-refractivity contribution in [3.8, 4) is 0 Å². The largest absolute Gasteiger partial charge is 0.319 e. The normalized spacial score (nSPS) is 15.0. The Morgan fingerprint density at radius 2 is 1.95 bits per heavy atom. The fourth-order valence-electron chi connectivity index (χ4n) is 3.35. The minimum Gasteiger partial charge on any atom is -0.319 e. The van der Waals surface area contributed by atoms with Crippen molar-refractivity contribution in [1.29, 1.82) is 0 Å². The first kappa shape index (κ1) is 14.6. The maximum Gasteiger partial charge on any atom is 0.0408 e. The van der Waals surface area contributed by atoms with E-state index in [2.05, 4.69) is 35.6 Å². The first-order chi connectivity index (χ1) is 10.3. The summed E-state index contributed by atoms with van der Waals surface area (Å²) in [5.74, 6) is 0.466. The number of nitrogens with one attached hydrogen (secondary N) is 1. The second-order valence-corrected chi connectivity index (χ2v) is 6.41. The van der Waals surface area contributed by atoms with Crippen molar-refractivity contribution in [2.75, 3.05) is 13.6 Å². The van der Waals surface area contributed by atoms with Gasteiger partial charge in [-0.1, -0.05) is 41.9 Å². The summed E-state index contributed by atoms with van der Waals surface area (Å²) in [6.07, 6.45) is 4.88. The molecule has 110 valence electrons. The van der Waals surface area contributed by atoms with Gasteiger partial charge in [-0.3, -0.25) is 0 Å². The zero-order valence-electron chi connectivity index (χ0n) is 12.5. The molecule has 2 aromatic rings. The molecule has 0 aliphatic heterocycles. The Kier molecular flexibility index (Phi) is 4.62. The average Bonchev–Trinajstić information content (AvgIpc) is 2.94. The molecule has 0 fully saturated rings. The molecule has 0 saturated heterocycles. The second-order valence-electron chi connectivity index (χ2n) is 5.97. The number of halogens is 1. The van der Waals surface area contributed by atoms with Crippen LogP contribution < -0.4 is 5.32 Å². The van der Waals surface area contributed by atoms with E-state index in [1.165, 1.54) is 30.4 Å². The van der Waals surface area contributed by atoms with Crippen LogP contribution in [0.25, 0.3) is 0 Å². The van der Waals surface area contributed by atoms with Crippen LogP contribution in [0.1, 0.15) is 34.6 Å². The van der Waals surface area contributed by atoms with Crippen LogP contribution in [-0.2, 0) is 19.3 Å². The number of aryl methyl sites for hydroxylation is 2. The molecule has 0 saturated carbocycles. The number of benzene rings is 2. The smallest absolute Gasteiger partial charge is 0.0408 e.